The van der Waals surface area contributed by atoms with E-state index in [9.17, 15) is 9.18 Å². The van der Waals surface area contributed by atoms with E-state index < -0.39 is 0 Å². The van der Waals surface area contributed by atoms with Crippen LogP contribution in [-0.4, -0.2) is 22.0 Å². The molecule has 100 valence electrons. The highest BCUT2D eigenvalue weighted by Gasteiger charge is 2.07. The first-order chi connectivity index (χ1) is 9.17. The molecule has 2 aromatic rings. The Morgan fingerprint density at radius 3 is 2.79 bits per heavy atom. The Balaban J connectivity index is 1.89. The monoisotopic (exact) mass is 301 g/mol. The van der Waals surface area contributed by atoms with E-state index in [0.29, 0.717) is 15.9 Å². The fraction of sp³-hybridized carbons (Fsp3) is 0.182. The molecular weight excluding hydrogens is 293 g/mol. The molecule has 19 heavy (non-hydrogen) atoms. The third kappa shape index (κ3) is 4.15. The molecule has 5 nitrogen and oxygen atoms in total. The fourth-order valence-corrected chi connectivity index (χ4v) is 1.93. The van der Waals surface area contributed by atoms with Crippen molar-refractivity contribution in [3.8, 4) is 5.75 Å². The van der Waals surface area contributed by atoms with Gasteiger partial charge in [0, 0.05) is 0 Å². The number of benzene rings is 1. The molecular formula is C11H9ClFN3O2S. The fourth-order valence-electron chi connectivity index (χ4n) is 1.19. The van der Waals surface area contributed by atoms with Crippen LogP contribution >= 0.6 is 22.9 Å². The summed E-state index contributed by atoms with van der Waals surface area (Å²) < 4.78 is 18.1. The van der Waals surface area contributed by atoms with Gasteiger partial charge in [0.1, 0.15) is 24.1 Å². The van der Waals surface area contributed by atoms with Crippen LogP contribution in [0.1, 0.15) is 5.01 Å². The first-order valence-electron chi connectivity index (χ1n) is 5.24. The van der Waals surface area contributed by atoms with Crippen LogP contribution in [0.5, 0.6) is 5.75 Å². The standard InChI is InChI=1S/C11H9ClFN3O2S/c12-5-9(17)14-11-16-15-10(19-11)6-18-8-3-1-7(13)2-4-8/h1-4H,5-6H2,(H,14,16,17). The molecule has 1 N–H and O–H groups in total. The number of nitrogens with one attached hydrogen (secondary N) is 1. The summed E-state index contributed by atoms with van der Waals surface area (Å²) in [5.74, 6) is -0.276. The molecule has 1 aromatic carbocycles. The van der Waals surface area contributed by atoms with Crippen LogP contribution in [0.25, 0.3) is 0 Å². The number of ether oxygens (including phenoxy) is 1. The molecule has 1 heterocycles. The van der Waals surface area contributed by atoms with Gasteiger partial charge in [-0.05, 0) is 24.3 Å². The zero-order valence-electron chi connectivity index (χ0n) is 9.60. The average Bonchev–Trinajstić information content (AvgIpc) is 2.85. The number of hydrogen-bond donors (Lipinski definition) is 1. The zero-order valence-corrected chi connectivity index (χ0v) is 11.2. The highest BCUT2D eigenvalue weighted by Crippen LogP contribution is 2.18. The number of amides is 1. The smallest absolute Gasteiger partial charge is 0.241 e. The third-order valence-electron chi connectivity index (χ3n) is 2.01. The Hall–Kier alpha value is -1.73. The van der Waals surface area contributed by atoms with E-state index in [0.717, 1.165) is 0 Å². The molecule has 0 saturated carbocycles. The molecule has 1 amide bonds. The van der Waals surface area contributed by atoms with Gasteiger partial charge in [0.15, 0.2) is 5.01 Å². The number of carbonyl (C=O) groups is 1. The van der Waals surface area contributed by atoms with Crippen molar-refractivity contribution in [1.29, 1.82) is 0 Å². The van der Waals surface area contributed by atoms with Gasteiger partial charge < -0.3 is 4.74 Å². The van der Waals surface area contributed by atoms with E-state index in [-0.39, 0.29) is 24.2 Å². The van der Waals surface area contributed by atoms with Crippen LogP contribution in [0, 0.1) is 5.82 Å². The minimum Gasteiger partial charge on any atom is -0.486 e. The maximum Gasteiger partial charge on any atom is 0.241 e. The minimum absolute atomic E-state index is 0.138. The summed E-state index contributed by atoms with van der Waals surface area (Å²) >= 11 is 6.54. The molecule has 1 aromatic heterocycles. The minimum atomic E-state index is -0.344. The van der Waals surface area contributed by atoms with Gasteiger partial charge in [0.25, 0.3) is 0 Å². The van der Waals surface area contributed by atoms with Crippen molar-refractivity contribution in [2.24, 2.45) is 0 Å². The lowest BCUT2D eigenvalue weighted by molar-refractivity contribution is -0.113. The molecule has 0 aliphatic carbocycles. The Labute approximate surface area is 117 Å². The molecule has 0 unspecified atom stereocenters. The van der Waals surface area contributed by atoms with Crippen molar-refractivity contribution >= 4 is 34.0 Å². The van der Waals surface area contributed by atoms with E-state index in [1.54, 1.807) is 0 Å². The summed E-state index contributed by atoms with van der Waals surface area (Å²) in [6, 6.07) is 5.65. The summed E-state index contributed by atoms with van der Waals surface area (Å²) in [4.78, 5) is 11.0. The first-order valence-corrected chi connectivity index (χ1v) is 6.59. The number of alkyl halides is 1. The summed E-state index contributed by atoms with van der Waals surface area (Å²) in [5, 5.41) is 11.1. The maximum absolute atomic E-state index is 12.7. The molecule has 8 heteroatoms. The summed E-state index contributed by atoms with van der Waals surface area (Å²) in [6.07, 6.45) is 0. The van der Waals surface area contributed by atoms with Gasteiger partial charge in [-0.3, -0.25) is 10.1 Å². The van der Waals surface area contributed by atoms with Gasteiger partial charge in [-0.2, -0.15) is 0 Å². The maximum atomic E-state index is 12.7. The number of nitrogens with zero attached hydrogens (tertiary/aromatic N) is 2. The van der Waals surface area contributed by atoms with Gasteiger partial charge in [0.05, 0.1) is 0 Å². The predicted molar refractivity (Wildman–Crippen MR) is 70.0 cm³/mol. The van der Waals surface area contributed by atoms with Gasteiger partial charge >= 0.3 is 0 Å². The van der Waals surface area contributed by atoms with Gasteiger partial charge in [-0.25, -0.2) is 4.39 Å². The molecule has 0 atom stereocenters. The summed E-state index contributed by atoms with van der Waals surface area (Å²) in [5.41, 5.74) is 0. The lowest BCUT2D eigenvalue weighted by atomic mass is 10.3. The van der Waals surface area contributed by atoms with Crippen molar-refractivity contribution in [3.63, 3.8) is 0 Å². The highest BCUT2D eigenvalue weighted by molar-refractivity contribution is 7.15. The average molecular weight is 302 g/mol. The van der Waals surface area contributed by atoms with E-state index in [2.05, 4.69) is 15.5 Å². The van der Waals surface area contributed by atoms with E-state index in [4.69, 9.17) is 16.3 Å². The molecule has 0 aliphatic heterocycles. The second-order valence-electron chi connectivity index (χ2n) is 3.43. The van der Waals surface area contributed by atoms with Crippen LogP contribution in [0.15, 0.2) is 24.3 Å². The third-order valence-corrected chi connectivity index (χ3v) is 3.07. The van der Waals surface area contributed by atoms with Crippen LogP contribution in [0.3, 0.4) is 0 Å². The van der Waals surface area contributed by atoms with Crippen LogP contribution in [0.2, 0.25) is 0 Å². The van der Waals surface area contributed by atoms with E-state index >= 15 is 0 Å². The van der Waals surface area contributed by atoms with Crippen molar-refractivity contribution in [2.45, 2.75) is 6.61 Å². The normalized spacial score (nSPS) is 10.2. The Morgan fingerprint density at radius 2 is 2.11 bits per heavy atom. The molecule has 0 radical (unpaired) electrons. The molecule has 0 saturated heterocycles. The molecule has 0 aliphatic rings. The Kier molecular flexibility index (Phi) is 4.64. The molecule has 0 bridgehead atoms. The number of aromatic nitrogens is 2. The van der Waals surface area contributed by atoms with Crippen molar-refractivity contribution in [1.82, 2.24) is 10.2 Å². The van der Waals surface area contributed by atoms with Gasteiger partial charge in [-0.1, -0.05) is 11.3 Å². The summed E-state index contributed by atoms with van der Waals surface area (Å²) in [6.45, 7) is 0.194. The molecule has 0 fully saturated rings. The predicted octanol–water partition coefficient (Wildman–Crippen LogP) is 2.43. The topological polar surface area (TPSA) is 64.1 Å². The Bertz CT molecular complexity index is 561. The van der Waals surface area contributed by atoms with Crippen LogP contribution in [-0.2, 0) is 11.4 Å². The number of anilines is 1. The second-order valence-corrected chi connectivity index (χ2v) is 4.75. The number of halogens is 2. The second kappa shape index (κ2) is 6.44. The summed E-state index contributed by atoms with van der Waals surface area (Å²) in [7, 11) is 0. The first kappa shape index (κ1) is 13.7. The quantitative estimate of drug-likeness (QED) is 0.862. The lowest BCUT2D eigenvalue weighted by Crippen LogP contribution is -2.12. The van der Waals surface area contributed by atoms with Crippen molar-refractivity contribution < 1.29 is 13.9 Å². The number of carbonyl (C=O) groups excluding carboxylic acids is 1. The van der Waals surface area contributed by atoms with Gasteiger partial charge in [0.2, 0.25) is 11.0 Å². The highest BCUT2D eigenvalue weighted by atomic mass is 35.5. The largest absolute Gasteiger partial charge is 0.486 e. The Morgan fingerprint density at radius 1 is 1.37 bits per heavy atom. The lowest BCUT2D eigenvalue weighted by Gasteiger charge is -2.02. The SMILES string of the molecule is O=C(CCl)Nc1nnc(COc2ccc(F)cc2)s1. The van der Waals surface area contributed by atoms with Crippen molar-refractivity contribution in [3.05, 3.63) is 35.1 Å². The van der Waals surface area contributed by atoms with Crippen LogP contribution in [0.4, 0.5) is 9.52 Å². The van der Waals surface area contributed by atoms with Crippen molar-refractivity contribution in [2.75, 3.05) is 11.2 Å². The zero-order chi connectivity index (χ0) is 13.7. The molecule has 2 rings (SSSR count). The van der Waals surface area contributed by atoms with Gasteiger partial charge in [-0.15, -0.1) is 21.8 Å². The number of hydrogen-bond acceptors (Lipinski definition) is 5. The van der Waals surface area contributed by atoms with E-state index in [1.807, 2.05) is 0 Å². The van der Waals surface area contributed by atoms with Crippen LogP contribution < -0.4 is 10.1 Å². The number of rotatable bonds is 5. The molecule has 0 spiro atoms. The van der Waals surface area contributed by atoms with E-state index in [1.165, 1.54) is 35.6 Å².